The highest BCUT2D eigenvalue weighted by molar-refractivity contribution is 5.13. The molecule has 4 unspecified atom stereocenters. The minimum absolute atomic E-state index is 0.0231. The summed E-state index contributed by atoms with van der Waals surface area (Å²) in [4.78, 5) is 0. The number of ether oxygens (including phenoxy) is 2. The van der Waals surface area contributed by atoms with Crippen molar-refractivity contribution in [2.45, 2.75) is 26.6 Å². The van der Waals surface area contributed by atoms with E-state index in [1.54, 1.807) is 0 Å². The summed E-state index contributed by atoms with van der Waals surface area (Å²) < 4.78 is 11.7. The van der Waals surface area contributed by atoms with Gasteiger partial charge in [0.1, 0.15) is 0 Å². The van der Waals surface area contributed by atoms with Gasteiger partial charge in [0.2, 0.25) is 0 Å². The molecular formula is C13H20O2. The Morgan fingerprint density at radius 1 is 1.00 bits per heavy atom. The van der Waals surface area contributed by atoms with Crippen LogP contribution in [0.4, 0.5) is 0 Å². The molecule has 3 rings (SSSR count). The second-order valence-corrected chi connectivity index (χ2v) is 5.56. The van der Waals surface area contributed by atoms with E-state index in [1.807, 2.05) is 0 Å². The fourth-order valence-electron chi connectivity index (χ4n) is 3.37. The van der Waals surface area contributed by atoms with E-state index in [9.17, 15) is 0 Å². The van der Waals surface area contributed by atoms with Crippen molar-refractivity contribution in [1.82, 2.24) is 0 Å². The summed E-state index contributed by atoms with van der Waals surface area (Å²) in [5, 5.41) is 0. The van der Waals surface area contributed by atoms with Crippen LogP contribution in [0.3, 0.4) is 0 Å². The number of allylic oxidation sites excluding steroid dienone is 2. The maximum Gasteiger partial charge on any atom is 0.159 e. The fraction of sp³-hybridized carbons (Fsp3) is 0.846. The third-order valence-electron chi connectivity index (χ3n) is 4.25. The molecule has 1 aliphatic heterocycles. The minimum atomic E-state index is 0.0231. The summed E-state index contributed by atoms with van der Waals surface area (Å²) in [6.07, 6.45) is 6.15. The lowest BCUT2D eigenvalue weighted by Gasteiger charge is -2.23. The van der Waals surface area contributed by atoms with E-state index >= 15 is 0 Å². The summed E-state index contributed by atoms with van der Waals surface area (Å²) in [5.74, 6) is 3.46. The first-order valence-electron chi connectivity index (χ1n) is 6.17. The van der Waals surface area contributed by atoms with Crippen molar-refractivity contribution < 1.29 is 9.47 Å². The Balaban J connectivity index is 1.72. The van der Waals surface area contributed by atoms with Crippen LogP contribution in [0.15, 0.2) is 12.2 Å². The van der Waals surface area contributed by atoms with Crippen LogP contribution in [0.25, 0.3) is 0 Å². The predicted molar refractivity (Wildman–Crippen MR) is 58.2 cm³/mol. The summed E-state index contributed by atoms with van der Waals surface area (Å²) >= 11 is 0. The third kappa shape index (κ3) is 1.55. The lowest BCUT2D eigenvalue weighted by molar-refractivity contribution is -0.156. The van der Waals surface area contributed by atoms with E-state index in [1.165, 1.54) is 6.42 Å². The Bertz CT molecular complexity index is 250. The molecule has 1 heterocycles. The lowest BCUT2D eigenvalue weighted by Crippen LogP contribution is -2.24. The normalized spacial score (nSPS) is 48.3. The van der Waals surface area contributed by atoms with Crippen LogP contribution >= 0.6 is 0 Å². The Morgan fingerprint density at radius 3 is 2.00 bits per heavy atom. The van der Waals surface area contributed by atoms with Gasteiger partial charge in [0.05, 0.1) is 13.2 Å². The Labute approximate surface area is 91.6 Å². The van der Waals surface area contributed by atoms with Crippen molar-refractivity contribution in [3.05, 3.63) is 12.2 Å². The zero-order chi connectivity index (χ0) is 10.4. The highest BCUT2D eigenvalue weighted by atomic mass is 16.7. The molecule has 0 spiro atoms. The molecule has 1 saturated carbocycles. The van der Waals surface area contributed by atoms with Crippen molar-refractivity contribution in [3.63, 3.8) is 0 Å². The Kier molecular flexibility index (Phi) is 2.37. The number of rotatable bonds is 1. The molecule has 2 aliphatic carbocycles. The van der Waals surface area contributed by atoms with E-state index in [2.05, 4.69) is 26.0 Å². The molecular weight excluding hydrogens is 188 g/mol. The smallest absolute Gasteiger partial charge is 0.159 e. The maximum absolute atomic E-state index is 5.87. The molecule has 3 aliphatic rings. The summed E-state index contributed by atoms with van der Waals surface area (Å²) in [5.41, 5.74) is 0. The molecule has 0 aromatic rings. The second-order valence-electron chi connectivity index (χ2n) is 5.56. The SMILES string of the molecule is CC(C)C1OCC2C3C=CC(C3)C2CO1. The van der Waals surface area contributed by atoms with E-state index in [0.717, 1.165) is 36.9 Å². The topological polar surface area (TPSA) is 18.5 Å². The van der Waals surface area contributed by atoms with Crippen LogP contribution in [0.2, 0.25) is 0 Å². The third-order valence-corrected chi connectivity index (χ3v) is 4.25. The molecule has 0 amide bonds. The van der Waals surface area contributed by atoms with Gasteiger partial charge in [0.25, 0.3) is 0 Å². The molecule has 2 nitrogen and oxygen atoms in total. The molecule has 2 fully saturated rings. The zero-order valence-electron chi connectivity index (χ0n) is 9.56. The highest BCUT2D eigenvalue weighted by Gasteiger charge is 2.46. The average Bonchev–Trinajstić information content (AvgIpc) is 2.71. The molecule has 0 aromatic carbocycles. The molecule has 4 atom stereocenters. The van der Waals surface area contributed by atoms with Gasteiger partial charge >= 0.3 is 0 Å². The van der Waals surface area contributed by atoms with Crippen LogP contribution in [0.5, 0.6) is 0 Å². The van der Waals surface area contributed by atoms with Crippen LogP contribution in [0, 0.1) is 29.6 Å². The first-order chi connectivity index (χ1) is 7.25. The molecule has 15 heavy (non-hydrogen) atoms. The Hall–Kier alpha value is -0.340. The van der Waals surface area contributed by atoms with Gasteiger partial charge in [-0.25, -0.2) is 0 Å². The van der Waals surface area contributed by atoms with Gasteiger partial charge in [-0.3, -0.25) is 0 Å². The number of fused-ring (bicyclic) bond motifs is 5. The molecule has 2 heteroatoms. The zero-order valence-corrected chi connectivity index (χ0v) is 9.56. The van der Waals surface area contributed by atoms with Gasteiger partial charge in [0, 0.05) is 5.92 Å². The lowest BCUT2D eigenvalue weighted by atomic mass is 9.84. The molecule has 0 aromatic heterocycles. The fourth-order valence-corrected chi connectivity index (χ4v) is 3.37. The molecule has 84 valence electrons. The standard InChI is InChI=1S/C13H20O2/c1-8(2)13-14-6-11-9-3-4-10(5-9)12(11)7-15-13/h3-4,8-13H,5-7H2,1-2H3. The summed E-state index contributed by atoms with van der Waals surface area (Å²) in [7, 11) is 0. The second kappa shape index (κ2) is 3.60. The van der Waals surface area contributed by atoms with E-state index in [0.29, 0.717) is 5.92 Å². The van der Waals surface area contributed by atoms with E-state index in [-0.39, 0.29) is 6.29 Å². The van der Waals surface area contributed by atoms with Gasteiger partial charge < -0.3 is 9.47 Å². The molecule has 1 saturated heterocycles. The average molecular weight is 208 g/mol. The van der Waals surface area contributed by atoms with Crippen LogP contribution in [0.1, 0.15) is 20.3 Å². The summed E-state index contributed by atoms with van der Waals surface area (Å²) in [6, 6.07) is 0. The van der Waals surface area contributed by atoms with Crippen molar-refractivity contribution in [2.24, 2.45) is 29.6 Å². The van der Waals surface area contributed by atoms with E-state index < -0.39 is 0 Å². The largest absolute Gasteiger partial charge is 0.352 e. The number of hydrogen-bond acceptors (Lipinski definition) is 2. The van der Waals surface area contributed by atoms with Gasteiger partial charge in [0.15, 0.2) is 6.29 Å². The highest BCUT2D eigenvalue weighted by Crippen LogP contribution is 2.49. The first kappa shape index (κ1) is 9.86. The van der Waals surface area contributed by atoms with Crippen molar-refractivity contribution in [2.75, 3.05) is 13.2 Å². The van der Waals surface area contributed by atoms with Crippen LogP contribution < -0.4 is 0 Å². The van der Waals surface area contributed by atoms with Gasteiger partial charge in [-0.1, -0.05) is 26.0 Å². The van der Waals surface area contributed by atoms with Crippen molar-refractivity contribution in [3.8, 4) is 0 Å². The van der Waals surface area contributed by atoms with Gasteiger partial charge in [-0.2, -0.15) is 0 Å². The first-order valence-corrected chi connectivity index (χ1v) is 6.17. The van der Waals surface area contributed by atoms with E-state index in [4.69, 9.17) is 9.47 Å². The van der Waals surface area contributed by atoms with Crippen molar-refractivity contribution >= 4 is 0 Å². The summed E-state index contributed by atoms with van der Waals surface area (Å²) in [6.45, 7) is 6.13. The van der Waals surface area contributed by atoms with Crippen LogP contribution in [-0.4, -0.2) is 19.5 Å². The molecule has 0 radical (unpaired) electrons. The van der Waals surface area contributed by atoms with Crippen LogP contribution in [-0.2, 0) is 9.47 Å². The minimum Gasteiger partial charge on any atom is -0.352 e. The predicted octanol–water partition coefficient (Wildman–Crippen LogP) is 2.45. The monoisotopic (exact) mass is 208 g/mol. The van der Waals surface area contributed by atoms with Crippen molar-refractivity contribution in [1.29, 1.82) is 0 Å². The van der Waals surface area contributed by atoms with Gasteiger partial charge in [-0.15, -0.1) is 0 Å². The van der Waals surface area contributed by atoms with Gasteiger partial charge in [-0.05, 0) is 30.1 Å². The molecule has 0 N–H and O–H groups in total. The maximum atomic E-state index is 5.87. The number of hydrogen-bond donors (Lipinski definition) is 0. The quantitative estimate of drug-likeness (QED) is 0.616. The Morgan fingerprint density at radius 2 is 1.53 bits per heavy atom. The molecule has 2 bridgehead atoms.